The van der Waals surface area contributed by atoms with Crippen molar-refractivity contribution in [3.63, 3.8) is 0 Å². The van der Waals surface area contributed by atoms with E-state index in [9.17, 15) is 4.79 Å². The van der Waals surface area contributed by atoms with Crippen LogP contribution in [0.15, 0.2) is 18.2 Å². The lowest BCUT2D eigenvalue weighted by Gasteiger charge is -2.35. The predicted octanol–water partition coefficient (Wildman–Crippen LogP) is 1.52. The van der Waals surface area contributed by atoms with Crippen LogP contribution in [0.5, 0.6) is 0 Å². The lowest BCUT2D eigenvalue weighted by Crippen LogP contribution is -2.45. The highest BCUT2D eigenvalue weighted by molar-refractivity contribution is 6.62. The molecule has 6 nitrogen and oxygen atoms in total. The third-order valence-electron chi connectivity index (χ3n) is 5.80. The molecule has 1 aromatic rings. The Kier molecular flexibility index (Phi) is 5.07. The molecule has 2 saturated heterocycles. The smallest absolute Gasteiger partial charge is 0.465 e. The van der Waals surface area contributed by atoms with Gasteiger partial charge < -0.3 is 23.8 Å². The van der Waals surface area contributed by atoms with Gasteiger partial charge in [0.2, 0.25) is 0 Å². The number of likely N-dealkylation sites (N-methyl/N-ethyl adjacent to an activating group) is 1. The molecule has 2 fully saturated rings. The maximum atomic E-state index is 12.4. The summed E-state index contributed by atoms with van der Waals surface area (Å²) in [5.74, 6) is -0.336. The second-order valence-corrected chi connectivity index (χ2v) is 8.15. The number of esters is 1. The highest BCUT2D eigenvalue weighted by atomic mass is 16.7. The van der Waals surface area contributed by atoms with E-state index < -0.39 is 18.3 Å². The summed E-state index contributed by atoms with van der Waals surface area (Å²) in [4.78, 5) is 16.9. The fraction of sp³-hybridized carbons (Fsp3) is 0.632. The van der Waals surface area contributed by atoms with E-state index in [1.165, 1.54) is 7.11 Å². The zero-order valence-corrected chi connectivity index (χ0v) is 16.7. The number of ether oxygens (including phenoxy) is 1. The lowest BCUT2D eigenvalue weighted by molar-refractivity contribution is 0.00578. The van der Waals surface area contributed by atoms with Crippen molar-refractivity contribution in [2.24, 2.45) is 0 Å². The van der Waals surface area contributed by atoms with E-state index in [-0.39, 0.29) is 5.97 Å². The summed E-state index contributed by atoms with van der Waals surface area (Å²) in [7, 11) is 3.03. The van der Waals surface area contributed by atoms with Gasteiger partial charge in [-0.1, -0.05) is 6.07 Å². The number of anilines is 1. The van der Waals surface area contributed by atoms with Crippen LogP contribution in [-0.2, 0) is 14.0 Å². The van der Waals surface area contributed by atoms with E-state index in [0.29, 0.717) is 5.56 Å². The minimum absolute atomic E-state index is 0.336. The highest BCUT2D eigenvalue weighted by Crippen LogP contribution is 2.36. The topological polar surface area (TPSA) is 51.2 Å². The van der Waals surface area contributed by atoms with Gasteiger partial charge in [0.1, 0.15) is 0 Å². The standard InChI is InChI=1S/C19H29BN2O4/c1-18(2)19(3,4)26-20(25-18)14-7-8-16(15(13-14)17(23)24-6)22-11-9-21(5)10-12-22/h7-8,13H,9-12H2,1-6H3. The zero-order valence-electron chi connectivity index (χ0n) is 16.7. The number of piperazine rings is 1. The second-order valence-electron chi connectivity index (χ2n) is 8.15. The van der Waals surface area contributed by atoms with E-state index in [2.05, 4.69) is 16.8 Å². The van der Waals surface area contributed by atoms with E-state index in [0.717, 1.165) is 37.3 Å². The van der Waals surface area contributed by atoms with Crippen molar-refractivity contribution >= 4 is 24.2 Å². The molecule has 0 aromatic heterocycles. The first-order valence-corrected chi connectivity index (χ1v) is 9.16. The van der Waals surface area contributed by atoms with Crippen molar-refractivity contribution in [3.05, 3.63) is 23.8 Å². The monoisotopic (exact) mass is 360 g/mol. The Morgan fingerprint density at radius 2 is 1.65 bits per heavy atom. The van der Waals surface area contributed by atoms with E-state index >= 15 is 0 Å². The van der Waals surface area contributed by atoms with Gasteiger partial charge in [0.05, 0.1) is 29.6 Å². The number of hydrogen-bond acceptors (Lipinski definition) is 6. The van der Waals surface area contributed by atoms with Crippen LogP contribution in [0.3, 0.4) is 0 Å². The van der Waals surface area contributed by atoms with Crippen LogP contribution in [0.25, 0.3) is 0 Å². The first-order valence-electron chi connectivity index (χ1n) is 9.16. The molecule has 2 aliphatic heterocycles. The van der Waals surface area contributed by atoms with E-state index in [1.807, 2.05) is 45.9 Å². The number of hydrogen-bond donors (Lipinski definition) is 0. The molecule has 1 aromatic carbocycles. The van der Waals surface area contributed by atoms with Crippen molar-refractivity contribution in [2.75, 3.05) is 45.2 Å². The third-order valence-corrected chi connectivity index (χ3v) is 5.80. The van der Waals surface area contributed by atoms with Crippen molar-refractivity contribution in [3.8, 4) is 0 Å². The van der Waals surface area contributed by atoms with Gasteiger partial charge in [-0.25, -0.2) is 4.79 Å². The number of benzene rings is 1. The fourth-order valence-electron chi connectivity index (χ4n) is 3.28. The molecule has 0 bridgehead atoms. The van der Waals surface area contributed by atoms with Crippen molar-refractivity contribution in [2.45, 2.75) is 38.9 Å². The molecule has 0 radical (unpaired) electrons. The maximum absolute atomic E-state index is 12.4. The van der Waals surface area contributed by atoms with Gasteiger partial charge in [0.15, 0.2) is 0 Å². The molecule has 142 valence electrons. The molecule has 0 amide bonds. The first-order chi connectivity index (χ1) is 12.1. The molecule has 0 atom stereocenters. The van der Waals surface area contributed by atoms with Gasteiger partial charge in [-0.2, -0.15) is 0 Å². The van der Waals surface area contributed by atoms with Crippen molar-refractivity contribution in [1.82, 2.24) is 4.90 Å². The normalized spacial score (nSPS) is 22.5. The molecule has 26 heavy (non-hydrogen) atoms. The van der Waals surface area contributed by atoms with Crippen molar-refractivity contribution < 1.29 is 18.8 Å². The Hall–Kier alpha value is -1.57. The van der Waals surface area contributed by atoms with Gasteiger partial charge in [-0.3, -0.25) is 0 Å². The van der Waals surface area contributed by atoms with Crippen LogP contribution in [0, 0.1) is 0 Å². The summed E-state index contributed by atoms with van der Waals surface area (Å²) >= 11 is 0. The lowest BCUT2D eigenvalue weighted by atomic mass is 9.78. The second kappa shape index (κ2) is 6.87. The SMILES string of the molecule is COC(=O)c1cc(B2OC(C)(C)C(C)(C)O2)ccc1N1CCN(C)CC1. The largest absolute Gasteiger partial charge is 0.494 e. The Bertz CT molecular complexity index is 668. The summed E-state index contributed by atoms with van der Waals surface area (Å²) in [5.41, 5.74) is 1.47. The third kappa shape index (κ3) is 3.48. The molecule has 0 N–H and O–H groups in total. The average Bonchev–Trinajstić information content (AvgIpc) is 2.82. The minimum atomic E-state index is -0.495. The van der Waals surface area contributed by atoms with Crippen LogP contribution in [-0.4, -0.2) is 69.5 Å². The molecule has 0 aliphatic carbocycles. The van der Waals surface area contributed by atoms with Gasteiger partial charge in [0, 0.05) is 26.2 Å². The number of nitrogens with zero attached hydrogens (tertiary/aromatic N) is 2. The molecule has 2 aliphatic rings. The quantitative estimate of drug-likeness (QED) is 0.602. The minimum Gasteiger partial charge on any atom is -0.465 e. The van der Waals surface area contributed by atoms with E-state index in [4.69, 9.17) is 14.0 Å². The fourth-order valence-corrected chi connectivity index (χ4v) is 3.28. The summed E-state index contributed by atoms with van der Waals surface area (Å²) in [6, 6.07) is 5.82. The van der Waals surface area contributed by atoms with Gasteiger partial charge in [0.25, 0.3) is 0 Å². The number of rotatable bonds is 3. The summed E-state index contributed by atoms with van der Waals surface area (Å²) in [5, 5.41) is 0. The van der Waals surface area contributed by atoms with Crippen LogP contribution in [0.2, 0.25) is 0 Å². The summed E-state index contributed by atoms with van der Waals surface area (Å²) in [6.45, 7) is 11.8. The van der Waals surface area contributed by atoms with Gasteiger partial charge in [-0.15, -0.1) is 0 Å². The maximum Gasteiger partial charge on any atom is 0.494 e. The molecular weight excluding hydrogens is 331 g/mol. The zero-order chi connectivity index (χ0) is 19.1. The van der Waals surface area contributed by atoms with Crippen LogP contribution in [0.1, 0.15) is 38.1 Å². The molecule has 3 rings (SSSR count). The number of carbonyl (C=O) groups is 1. The average molecular weight is 360 g/mol. The van der Waals surface area contributed by atoms with Crippen molar-refractivity contribution in [1.29, 1.82) is 0 Å². The molecule has 0 saturated carbocycles. The Labute approximate surface area is 156 Å². The molecular formula is C19H29BN2O4. The van der Waals surface area contributed by atoms with Gasteiger partial charge >= 0.3 is 13.1 Å². The molecule has 7 heteroatoms. The molecule has 2 heterocycles. The summed E-state index contributed by atoms with van der Waals surface area (Å²) in [6.07, 6.45) is 0. The summed E-state index contributed by atoms with van der Waals surface area (Å²) < 4.78 is 17.3. The van der Waals surface area contributed by atoms with Gasteiger partial charge in [-0.05, 0) is 52.3 Å². The molecule has 0 spiro atoms. The van der Waals surface area contributed by atoms with Crippen LogP contribution >= 0.6 is 0 Å². The Morgan fingerprint density at radius 3 is 2.19 bits per heavy atom. The molecule has 0 unspecified atom stereocenters. The predicted molar refractivity (Wildman–Crippen MR) is 103 cm³/mol. The first kappa shape index (κ1) is 19.2. The van der Waals surface area contributed by atoms with Crippen LogP contribution in [0.4, 0.5) is 5.69 Å². The number of methoxy groups -OCH3 is 1. The highest BCUT2D eigenvalue weighted by Gasteiger charge is 2.51. The van der Waals surface area contributed by atoms with E-state index in [1.54, 1.807) is 0 Å². The Morgan fingerprint density at radius 1 is 1.08 bits per heavy atom. The Balaban J connectivity index is 1.91. The number of carbonyl (C=O) groups excluding carboxylic acids is 1. The van der Waals surface area contributed by atoms with Crippen LogP contribution < -0.4 is 10.4 Å².